The van der Waals surface area contributed by atoms with Crippen LogP contribution in [0.3, 0.4) is 0 Å². The van der Waals surface area contributed by atoms with E-state index in [4.69, 9.17) is 0 Å². The fourth-order valence-electron chi connectivity index (χ4n) is 2.02. The minimum atomic E-state index is 0.443. The number of rotatable bonds is 5. The van der Waals surface area contributed by atoms with Gasteiger partial charge in [0.1, 0.15) is 0 Å². The van der Waals surface area contributed by atoms with Gasteiger partial charge in [-0.2, -0.15) is 5.10 Å². The van der Waals surface area contributed by atoms with Gasteiger partial charge in [-0.15, -0.1) is 0 Å². The second-order valence-electron chi connectivity index (χ2n) is 4.35. The van der Waals surface area contributed by atoms with Crippen molar-refractivity contribution >= 4 is 11.0 Å². The number of hydrogen-bond acceptors (Lipinski definition) is 2. The third-order valence-corrected chi connectivity index (χ3v) is 3.00. The van der Waals surface area contributed by atoms with Crippen molar-refractivity contribution in [2.45, 2.75) is 45.6 Å². The molecule has 3 nitrogen and oxygen atoms in total. The Balaban J connectivity index is 2.13. The van der Waals surface area contributed by atoms with Gasteiger partial charge in [0.05, 0.1) is 12.2 Å². The summed E-state index contributed by atoms with van der Waals surface area (Å²) in [6.45, 7) is 4.45. The molecule has 2 aromatic rings. The van der Waals surface area contributed by atoms with Gasteiger partial charge in [-0.25, -0.2) is 9.67 Å². The maximum Gasteiger partial charge on any atom is 0.157 e. The molecule has 0 aromatic carbocycles. The Morgan fingerprint density at radius 1 is 1.38 bits per heavy atom. The lowest BCUT2D eigenvalue weighted by atomic mass is 10.1. The summed E-state index contributed by atoms with van der Waals surface area (Å²) >= 11 is 0. The number of fused-ring (bicyclic) bond motifs is 1. The van der Waals surface area contributed by atoms with E-state index in [2.05, 4.69) is 30.0 Å². The molecule has 0 fully saturated rings. The Bertz CT molecular complexity index is 447. The molecule has 2 heterocycles. The van der Waals surface area contributed by atoms with Gasteiger partial charge in [0, 0.05) is 11.6 Å². The highest BCUT2D eigenvalue weighted by molar-refractivity contribution is 5.73. The minimum Gasteiger partial charge on any atom is -0.245 e. The number of aromatic nitrogens is 3. The Morgan fingerprint density at radius 2 is 2.25 bits per heavy atom. The van der Waals surface area contributed by atoms with Crippen LogP contribution in [-0.4, -0.2) is 14.8 Å². The Kier molecular flexibility index (Phi) is 3.54. The molecule has 1 unspecified atom stereocenters. The highest BCUT2D eigenvalue weighted by atomic mass is 15.3. The van der Waals surface area contributed by atoms with E-state index in [9.17, 15) is 0 Å². The molecule has 3 heteroatoms. The third-order valence-electron chi connectivity index (χ3n) is 3.00. The summed E-state index contributed by atoms with van der Waals surface area (Å²) < 4.78 is 2.05. The molecule has 0 amide bonds. The predicted octanol–water partition coefficient (Wildman–Crippen LogP) is 3.57. The molecule has 0 aliphatic carbocycles. The Morgan fingerprint density at radius 3 is 3.06 bits per heavy atom. The first-order valence-electron chi connectivity index (χ1n) is 6.11. The van der Waals surface area contributed by atoms with Crippen LogP contribution in [0.2, 0.25) is 0 Å². The van der Waals surface area contributed by atoms with Gasteiger partial charge >= 0.3 is 0 Å². The van der Waals surface area contributed by atoms with Crippen molar-refractivity contribution in [3.8, 4) is 0 Å². The van der Waals surface area contributed by atoms with Crippen molar-refractivity contribution < 1.29 is 0 Å². The van der Waals surface area contributed by atoms with Crippen LogP contribution >= 0.6 is 0 Å². The zero-order valence-electron chi connectivity index (χ0n) is 10.1. The van der Waals surface area contributed by atoms with E-state index in [-0.39, 0.29) is 0 Å². The summed E-state index contributed by atoms with van der Waals surface area (Å²) in [7, 11) is 0. The van der Waals surface area contributed by atoms with Crippen LogP contribution in [0.5, 0.6) is 0 Å². The number of nitrogens with zero attached hydrogens (tertiary/aromatic N) is 3. The first kappa shape index (κ1) is 11.1. The van der Waals surface area contributed by atoms with Crippen LogP contribution in [0.25, 0.3) is 11.0 Å². The lowest BCUT2D eigenvalue weighted by Crippen LogP contribution is -2.07. The van der Waals surface area contributed by atoms with Gasteiger partial charge < -0.3 is 0 Å². The predicted molar refractivity (Wildman–Crippen MR) is 66.4 cm³/mol. The highest BCUT2D eigenvalue weighted by Gasteiger charge is 2.09. The van der Waals surface area contributed by atoms with E-state index in [0.717, 1.165) is 11.0 Å². The first-order valence-corrected chi connectivity index (χ1v) is 6.11. The SMILES string of the molecule is CCCCCC(C)n1ncc2cccnc21. The highest BCUT2D eigenvalue weighted by Crippen LogP contribution is 2.19. The zero-order chi connectivity index (χ0) is 11.4. The topological polar surface area (TPSA) is 30.7 Å². The quantitative estimate of drug-likeness (QED) is 0.717. The van der Waals surface area contributed by atoms with Crippen LogP contribution in [0.4, 0.5) is 0 Å². The zero-order valence-corrected chi connectivity index (χ0v) is 10.1. The summed E-state index contributed by atoms with van der Waals surface area (Å²) in [6, 6.07) is 4.46. The molecule has 16 heavy (non-hydrogen) atoms. The lowest BCUT2D eigenvalue weighted by molar-refractivity contribution is 0.448. The maximum atomic E-state index is 4.43. The largest absolute Gasteiger partial charge is 0.245 e. The van der Waals surface area contributed by atoms with Gasteiger partial charge in [-0.1, -0.05) is 26.2 Å². The number of pyridine rings is 1. The molecule has 0 aliphatic rings. The van der Waals surface area contributed by atoms with Crippen LogP contribution in [-0.2, 0) is 0 Å². The molecule has 0 radical (unpaired) electrons. The number of unbranched alkanes of at least 4 members (excludes halogenated alkanes) is 2. The lowest BCUT2D eigenvalue weighted by Gasteiger charge is -2.12. The summed E-state index contributed by atoms with van der Waals surface area (Å²) in [5.41, 5.74) is 1.01. The normalized spacial score (nSPS) is 13.1. The van der Waals surface area contributed by atoms with Gasteiger partial charge in [0.2, 0.25) is 0 Å². The van der Waals surface area contributed by atoms with Gasteiger partial charge in [0.15, 0.2) is 5.65 Å². The molecular weight excluding hydrogens is 198 g/mol. The van der Waals surface area contributed by atoms with Crippen LogP contribution in [0, 0.1) is 0 Å². The average Bonchev–Trinajstić information content (AvgIpc) is 2.73. The molecule has 0 saturated heterocycles. The molecule has 0 bridgehead atoms. The molecule has 2 rings (SSSR count). The van der Waals surface area contributed by atoms with Crippen LogP contribution in [0.15, 0.2) is 24.5 Å². The Labute approximate surface area is 96.5 Å². The van der Waals surface area contributed by atoms with E-state index >= 15 is 0 Å². The molecule has 0 aliphatic heterocycles. The van der Waals surface area contributed by atoms with Crippen molar-refractivity contribution in [2.75, 3.05) is 0 Å². The van der Waals surface area contributed by atoms with Crippen molar-refractivity contribution in [3.05, 3.63) is 24.5 Å². The second kappa shape index (κ2) is 5.10. The van der Waals surface area contributed by atoms with Crippen LogP contribution in [0.1, 0.15) is 45.6 Å². The van der Waals surface area contributed by atoms with E-state index in [1.54, 1.807) is 0 Å². The average molecular weight is 217 g/mol. The molecule has 86 valence electrons. The molecule has 1 atom stereocenters. The number of hydrogen-bond donors (Lipinski definition) is 0. The Hall–Kier alpha value is -1.38. The fraction of sp³-hybridized carbons (Fsp3) is 0.538. The standard InChI is InChI=1S/C13H19N3/c1-3-4-5-7-11(2)16-13-12(10-15-16)8-6-9-14-13/h6,8-11H,3-5,7H2,1-2H3. The van der Waals surface area contributed by atoms with E-state index in [1.807, 2.05) is 23.1 Å². The molecule has 0 N–H and O–H groups in total. The van der Waals surface area contributed by atoms with Gasteiger partial charge in [-0.3, -0.25) is 0 Å². The smallest absolute Gasteiger partial charge is 0.157 e. The third kappa shape index (κ3) is 2.23. The van der Waals surface area contributed by atoms with E-state index in [1.165, 1.54) is 25.7 Å². The van der Waals surface area contributed by atoms with Gasteiger partial charge in [0.25, 0.3) is 0 Å². The van der Waals surface area contributed by atoms with Crippen LogP contribution < -0.4 is 0 Å². The fourth-order valence-corrected chi connectivity index (χ4v) is 2.02. The summed E-state index contributed by atoms with van der Waals surface area (Å²) in [5.74, 6) is 0. The van der Waals surface area contributed by atoms with Crippen molar-refractivity contribution in [1.29, 1.82) is 0 Å². The summed E-state index contributed by atoms with van der Waals surface area (Å²) in [5, 5.41) is 5.56. The first-order chi connectivity index (χ1) is 7.83. The molecular formula is C13H19N3. The monoisotopic (exact) mass is 217 g/mol. The molecule has 2 aromatic heterocycles. The van der Waals surface area contributed by atoms with Crippen molar-refractivity contribution in [3.63, 3.8) is 0 Å². The summed E-state index contributed by atoms with van der Waals surface area (Å²) in [6.07, 6.45) is 8.76. The van der Waals surface area contributed by atoms with Crippen molar-refractivity contribution in [2.24, 2.45) is 0 Å². The van der Waals surface area contributed by atoms with Gasteiger partial charge in [-0.05, 0) is 25.5 Å². The van der Waals surface area contributed by atoms with E-state index < -0.39 is 0 Å². The minimum absolute atomic E-state index is 0.443. The summed E-state index contributed by atoms with van der Waals surface area (Å²) in [4.78, 5) is 4.39. The maximum absolute atomic E-state index is 4.43. The van der Waals surface area contributed by atoms with Crippen molar-refractivity contribution in [1.82, 2.24) is 14.8 Å². The van der Waals surface area contributed by atoms with E-state index in [0.29, 0.717) is 6.04 Å². The second-order valence-corrected chi connectivity index (χ2v) is 4.35. The molecule has 0 spiro atoms. The molecule has 0 saturated carbocycles.